The van der Waals surface area contributed by atoms with Gasteiger partial charge >= 0.3 is 11.9 Å². The van der Waals surface area contributed by atoms with E-state index < -0.39 is 41.0 Å². The molecule has 0 bridgehead atoms. The molecule has 0 spiro atoms. The van der Waals surface area contributed by atoms with Gasteiger partial charge in [0.2, 0.25) is 21.8 Å². The monoisotopic (exact) mass is 792 g/mol. The number of amides is 2. The van der Waals surface area contributed by atoms with E-state index in [-0.39, 0.29) is 37.0 Å². The summed E-state index contributed by atoms with van der Waals surface area (Å²) in [6, 6.07) is 13.6. The third-order valence-electron chi connectivity index (χ3n) is 7.03. The summed E-state index contributed by atoms with van der Waals surface area (Å²) in [5.74, 6) is -2.65. The number of carboxylic acid groups (broad SMARTS) is 2. The summed E-state index contributed by atoms with van der Waals surface area (Å²) < 4.78 is 27.6. The summed E-state index contributed by atoms with van der Waals surface area (Å²) in [7, 11) is -3.85. The van der Waals surface area contributed by atoms with Gasteiger partial charge < -0.3 is 29.6 Å². The van der Waals surface area contributed by atoms with Gasteiger partial charge in [-0.1, -0.05) is 18.2 Å². The van der Waals surface area contributed by atoms with Crippen LogP contribution in [0.25, 0.3) is 0 Å². The average molecular weight is 793 g/mol. The molecule has 48 heavy (non-hydrogen) atoms. The molecule has 0 aliphatic heterocycles. The van der Waals surface area contributed by atoms with Crippen molar-refractivity contribution in [2.24, 2.45) is 5.14 Å². The Bertz CT molecular complexity index is 1860. The number of rotatable bonds is 17. The highest BCUT2D eigenvalue weighted by Crippen LogP contribution is 2.15. The minimum Gasteiger partial charge on any atom is -0.480 e. The number of nitrogens with one attached hydrogen (secondary N) is 1. The Kier molecular flexibility index (Phi) is 12.4. The molecule has 2 heterocycles. The lowest BCUT2D eigenvalue weighted by Gasteiger charge is -2.24. The number of carbonyl (C=O) groups excluding carboxylic acids is 2. The highest BCUT2D eigenvalue weighted by atomic mass is 127. The third kappa shape index (κ3) is 11.0. The van der Waals surface area contributed by atoms with Crippen LogP contribution in [0.15, 0.2) is 78.2 Å². The standard InChI is InChI=1S/C30H33IN8O8S/c31-22-2-1-3-23(14-22)35-27(40)17-37-12-9-33-25(37)15-36(11-8-21-4-6-24(7-5-21)48(32,46)47)16-26-34-10-13-38(26)18-28(41)39(19-29(42)43)20-30(44)45/h1-7,9-10,12-14H,8,11,15-20H2,(H,35,40)(H,42,43)(H,44,45)(H2,32,46,47). The summed E-state index contributed by atoms with van der Waals surface area (Å²) in [5.41, 5.74) is 1.49. The molecule has 0 unspecified atom stereocenters. The van der Waals surface area contributed by atoms with Gasteiger partial charge in [0.25, 0.3) is 0 Å². The lowest BCUT2D eigenvalue weighted by Crippen LogP contribution is -2.41. The molecular weight excluding hydrogens is 759 g/mol. The van der Waals surface area contributed by atoms with Crippen LogP contribution in [0.1, 0.15) is 17.2 Å². The number of hydrogen-bond acceptors (Lipinski definition) is 9. The number of aromatic nitrogens is 4. The number of sulfonamides is 1. The molecule has 0 aliphatic rings. The van der Waals surface area contributed by atoms with Gasteiger partial charge in [-0.2, -0.15) is 0 Å². The Hall–Kier alpha value is -4.66. The Morgan fingerprint density at radius 3 is 2.00 bits per heavy atom. The predicted molar refractivity (Wildman–Crippen MR) is 180 cm³/mol. The van der Waals surface area contributed by atoms with Gasteiger partial charge in [0, 0.05) is 40.6 Å². The molecule has 0 saturated heterocycles. The maximum atomic E-state index is 12.9. The largest absolute Gasteiger partial charge is 0.480 e. The van der Waals surface area contributed by atoms with Crippen molar-refractivity contribution in [3.63, 3.8) is 0 Å². The molecule has 2 aromatic heterocycles. The molecule has 4 aromatic rings. The highest BCUT2D eigenvalue weighted by Gasteiger charge is 2.22. The van der Waals surface area contributed by atoms with Crippen LogP contribution < -0.4 is 10.5 Å². The molecular formula is C30H33IN8O8S. The van der Waals surface area contributed by atoms with Gasteiger partial charge in [0.05, 0.1) is 18.0 Å². The van der Waals surface area contributed by atoms with Crippen molar-refractivity contribution < 1.29 is 37.8 Å². The first kappa shape index (κ1) is 36.2. The minimum atomic E-state index is -3.85. The first-order chi connectivity index (χ1) is 22.8. The number of imidazole rings is 2. The molecule has 0 radical (unpaired) electrons. The normalized spacial score (nSPS) is 11.4. The SMILES string of the molecule is NS(=O)(=O)c1ccc(CCN(Cc2nccn2CC(=O)Nc2cccc(I)c2)Cc2nccn2CC(=O)N(CC(=O)O)CC(=O)O)cc1. The molecule has 18 heteroatoms. The first-order valence-corrected chi connectivity index (χ1v) is 17.0. The van der Waals surface area contributed by atoms with Crippen molar-refractivity contribution in [3.8, 4) is 0 Å². The molecule has 254 valence electrons. The number of carboxylic acids is 2. The number of anilines is 1. The van der Waals surface area contributed by atoms with Crippen molar-refractivity contribution in [1.82, 2.24) is 28.9 Å². The number of carbonyl (C=O) groups is 4. The zero-order chi connectivity index (χ0) is 34.8. The predicted octanol–water partition coefficient (Wildman–Crippen LogP) is 1.21. The summed E-state index contributed by atoms with van der Waals surface area (Å²) >= 11 is 2.16. The van der Waals surface area contributed by atoms with Crippen molar-refractivity contribution in [2.45, 2.75) is 37.5 Å². The van der Waals surface area contributed by atoms with Crippen LogP contribution >= 0.6 is 22.6 Å². The number of halogens is 1. The maximum absolute atomic E-state index is 12.9. The van der Waals surface area contributed by atoms with Crippen LogP contribution in [0.3, 0.4) is 0 Å². The molecule has 0 saturated carbocycles. The van der Waals surface area contributed by atoms with Crippen molar-refractivity contribution >= 4 is 62.1 Å². The van der Waals surface area contributed by atoms with E-state index >= 15 is 0 Å². The lowest BCUT2D eigenvalue weighted by atomic mass is 10.1. The van der Waals surface area contributed by atoms with E-state index in [1.54, 1.807) is 35.2 Å². The van der Waals surface area contributed by atoms with E-state index in [0.717, 1.165) is 14.0 Å². The topological polar surface area (TPSA) is 223 Å². The van der Waals surface area contributed by atoms with Gasteiger partial charge in [-0.15, -0.1) is 0 Å². The van der Waals surface area contributed by atoms with Crippen LogP contribution in [-0.2, 0) is 61.8 Å². The zero-order valence-corrected chi connectivity index (χ0v) is 28.4. The van der Waals surface area contributed by atoms with Crippen molar-refractivity contribution in [2.75, 3.05) is 25.0 Å². The minimum absolute atomic E-state index is 0.00418. The Labute approximate surface area is 289 Å². The van der Waals surface area contributed by atoms with E-state index in [9.17, 15) is 27.6 Å². The van der Waals surface area contributed by atoms with Crippen molar-refractivity contribution in [1.29, 1.82) is 0 Å². The van der Waals surface area contributed by atoms with E-state index in [0.29, 0.717) is 30.3 Å². The third-order valence-corrected chi connectivity index (χ3v) is 8.64. The number of hydrogen-bond donors (Lipinski definition) is 4. The number of nitrogens with zero attached hydrogens (tertiary/aromatic N) is 6. The molecule has 5 N–H and O–H groups in total. The quantitative estimate of drug-likeness (QED) is 0.111. The van der Waals surface area contributed by atoms with Crippen LogP contribution in [0.5, 0.6) is 0 Å². The Morgan fingerprint density at radius 2 is 1.46 bits per heavy atom. The highest BCUT2D eigenvalue weighted by molar-refractivity contribution is 14.1. The lowest BCUT2D eigenvalue weighted by molar-refractivity contribution is -0.149. The van der Waals surface area contributed by atoms with Gasteiger partial charge in [-0.3, -0.25) is 24.1 Å². The summed E-state index contributed by atoms with van der Waals surface area (Å²) in [4.78, 5) is 59.8. The molecule has 2 amide bonds. The smallest absolute Gasteiger partial charge is 0.323 e. The fourth-order valence-electron chi connectivity index (χ4n) is 4.74. The molecule has 16 nitrogen and oxygen atoms in total. The van der Waals surface area contributed by atoms with Crippen LogP contribution in [0, 0.1) is 3.57 Å². The second kappa shape index (κ2) is 16.4. The number of aliphatic carboxylic acids is 2. The fourth-order valence-corrected chi connectivity index (χ4v) is 5.80. The Balaban J connectivity index is 1.52. The Morgan fingerprint density at radius 1 is 0.875 bits per heavy atom. The van der Waals surface area contributed by atoms with E-state index in [4.69, 9.17) is 15.4 Å². The van der Waals surface area contributed by atoms with E-state index in [2.05, 4.69) is 37.9 Å². The van der Waals surface area contributed by atoms with E-state index in [1.807, 2.05) is 23.1 Å². The molecule has 2 aromatic carbocycles. The average Bonchev–Trinajstić information content (AvgIpc) is 3.63. The van der Waals surface area contributed by atoms with Gasteiger partial charge in [0.1, 0.15) is 37.8 Å². The number of benzene rings is 2. The van der Waals surface area contributed by atoms with Crippen LogP contribution in [0.2, 0.25) is 0 Å². The summed E-state index contributed by atoms with van der Waals surface area (Å²) in [6.07, 6.45) is 6.75. The second-order valence-corrected chi connectivity index (χ2v) is 13.5. The summed E-state index contributed by atoms with van der Waals surface area (Å²) in [6.45, 7) is -1.03. The molecule has 0 atom stereocenters. The van der Waals surface area contributed by atoms with Gasteiger partial charge in [-0.05, 0) is 64.9 Å². The van der Waals surface area contributed by atoms with Crippen molar-refractivity contribution in [3.05, 3.63) is 94.1 Å². The summed E-state index contributed by atoms with van der Waals surface area (Å²) in [5, 5.41) is 26.4. The van der Waals surface area contributed by atoms with E-state index in [1.165, 1.54) is 29.1 Å². The zero-order valence-electron chi connectivity index (χ0n) is 25.5. The van der Waals surface area contributed by atoms with Crippen LogP contribution in [-0.4, -0.2) is 90.9 Å². The number of primary sulfonamides is 1. The van der Waals surface area contributed by atoms with Crippen LogP contribution in [0.4, 0.5) is 5.69 Å². The second-order valence-electron chi connectivity index (χ2n) is 10.7. The molecule has 0 fully saturated rings. The first-order valence-electron chi connectivity index (χ1n) is 14.4. The van der Waals surface area contributed by atoms with Gasteiger partial charge in [0.15, 0.2) is 0 Å². The molecule has 0 aliphatic carbocycles. The maximum Gasteiger partial charge on any atom is 0.323 e. The fraction of sp³-hybridized carbons (Fsp3) is 0.267. The van der Waals surface area contributed by atoms with Gasteiger partial charge in [-0.25, -0.2) is 23.5 Å². The number of nitrogens with two attached hydrogens (primary N) is 1. The molecule has 4 rings (SSSR count).